The highest BCUT2D eigenvalue weighted by atomic mass is 16.5. The molecule has 18 heavy (non-hydrogen) atoms. The fourth-order valence-electron chi connectivity index (χ4n) is 2.25. The van der Waals surface area contributed by atoms with Gasteiger partial charge in [-0.15, -0.1) is 0 Å². The Hall–Kier alpha value is -1.55. The summed E-state index contributed by atoms with van der Waals surface area (Å²) >= 11 is 0. The van der Waals surface area contributed by atoms with Gasteiger partial charge in [0.2, 0.25) is 5.91 Å². The predicted octanol–water partition coefficient (Wildman–Crippen LogP) is 1.15. The maximum Gasteiger partial charge on any atom is 0.234 e. The lowest BCUT2D eigenvalue weighted by Crippen LogP contribution is -2.37. The molecular formula is C14H20N2O2. The van der Waals surface area contributed by atoms with E-state index in [1.165, 1.54) is 30.4 Å². The van der Waals surface area contributed by atoms with Gasteiger partial charge in [-0.25, -0.2) is 0 Å². The van der Waals surface area contributed by atoms with Crippen LogP contribution >= 0.6 is 0 Å². The topological polar surface area (TPSA) is 78.3 Å². The summed E-state index contributed by atoms with van der Waals surface area (Å²) in [6.07, 6.45) is 5.28. The SMILES string of the molecule is NC(=O)C(N)CCOc1ccc2c(c1)CCCC2. The first-order chi connectivity index (χ1) is 8.66. The Morgan fingerprint density at radius 2 is 2.00 bits per heavy atom. The number of fused-ring (bicyclic) bond motifs is 1. The third kappa shape index (κ3) is 3.23. The van der Waals surface area contributed by atoms with E-state index < -0.39 is 11.9 Å². The van der Waals surface area contributed by atoms with Crippen LogP contribution in [-0.4, -0.2) is 18.6 Å². The van der Waals surface area contributed by atoms with Crippen molar-refractivity contribution in [1.82, 2.24) is 0 Å². The molecule has 1 amide bonds. The molecule has 1 aliphatic rings. The lowest BCUT2D eigenvalue weighted by atomic mass is 9.92. The van der Waals surface area contributed by atoms with Crippen LogP contribution in [0.1, 0.15) is 30.4 Å². The summed E-state index contributed by atoms with van der Waals surface area (Å²) in [6, 6.07) is 5.60. The van der Waals surface area contributed by atoms with Gasteiger partial charge in [0.05, 0.1) is 12.6 Å². The molecule has 1 aliphatic carbocycles. The van der Waals surface area contributed by atoms with Crippen molar-refractivity contribution in [3.8, 4) is 5.75 Å². The van der Waals surface area contributed by atoms with Gasteiger partial charge >= 0.3 is 0 Å². The predicted molar refractivity (Wildman–Crippen MR) is 70.4 cm³/mol. The van der Waals surface area contributed by atoms with Crippen molar-refractivity contribution in [3.63, 3.8) is 0 Å². The maximum absolute atomic E-state index is 10.8. The fourth-order valence-corrected chi connectivity index (χ4v) is 2.25. The van der Waals surface area contributed by atoms with Crippen molar-refractivity contribution in [2.24, 2.45) is 11.5 Å². The van der Waals surface area contributed by atoms with Crippen molar-refractivity contribution in [1.29, 1.82) is 0 Å². The molecule has 0 aliphatic heterocycles. The van der Waals surface area contributed by atoms with E-state index in [4.69, 9.17) is 16.2 Å². The summed E-state index contributed by atoms with van der Waals surface area (Å²) in [6.45, 7) is 0.420. The van der Waals surface area contributed by atoms with Gasteiger partial charge in [0, 0.05) is 6.42 Å². The van der Waals surface area contributed by atoms with Gasteiger partial charge in [-0.3, -0.25) is 4.79 Å². The third-order valence-electron chi connectivity index (χ3n) is 3.38. The Labute approximate surface area is 107 Å². The standard InChI is InChI=1S/C14H20N2O2/c15-13(14(16)17)7-8-18-12-6-5-10-3-1-2-4-11(10)9-12/h5-6,9,13H,1-4,7-8,15H2,(H2,16,17). The first-order valence-corrected chi connectivity index (χ1v) is 6.46. The minimum atomic E-state index is -0.623. The molecule has 2 rings (SSSR count). The van der Waals surface area contributed by atoms with Crippen LogP contribution in [0.4, 0.5) is 0 Å². The van der Waals surface area contributed by atoms with Gasteiger partial charge in [-0.1, -0.05) is 6.07 Å². The first-order valence-electron chi connectivity index (χ1n) is 6.46. The van der Waals surface area contributed by atoms with E-state index in [9.17, 15) is 4.79 Å². The Morgan fingerprint density at radius 3 is 2.72 bits per heavy atom. The van der Waals surface area contributed by atoms with Crippen molar-refractivity contribution < 1.29 is 9.53 Å². The summed E-state index contributed by atoms with van der Waals surface area (Å²) in [5.41, 5.74) is 13.4. The first kappa shape index (κ1) is 12.9. The number of amides is 1. The van der Waals surface area contributed by atoms with Gasteiger partial charge in [0.15, 0.2) is 0 Å². The van der Waals surface area contributed by atoms with Crippen LogP contribution in [0.3, 0.4) is 0 Å². The molecule has 0 radical (unpaired) electrons. The summed E-state index contributed by atoms with van der Waals surface area (Å²) < 4.78 is 5.61. The molecular weight excluding hydrogens is 228 g/mol. The monoisotopic (exact) mass is 248 g/mol. The molecule has 0 saturated heterocycles. The molecule has 98 valence electrons. The molecule has 1 atom stereocenters. The molecule has 0 saturated carbocycles. The lowest BCUT2D eigenvalue weighted by Gasteiger charge is -2.17. The minimum Gasteiger partial charge on any atom is -0.494 e. The van der Waals surface area contributed by atoms with E-state index in [0.717, 1.165) is 12.2 Å². The molecule has 1 unspecified atom stereocenters. The molecule has 4 heteroatoms. The number of aryl methyl sites for hydroxylation is 2. The Kier molecular flexibility index (Phi) is 4.20. The molecule has 0 aromatic heterocycles. The highest BCUT2D eigenvalue weighted by molar-refractivity contribution is 5.79. The third-order valence-corrected chi connectivity index (χ3v) is 3.38. The smallest absolute Gasteiger partial charge is 0.234 e. The number of hydrogen-bond acceptors (Lipinski definition) is 3. The van der Waals surface area contributed by atoms with Crippen LogP contribution in [0.25, 0.3) is 0 Å². The number of ether oxygens (including phenoxy) is 1. The Morgan fingerprint density at radius 1 is 1.28 bits per heavy atom. The minimum absolute atomic E-state index is 0.420. The zero-order valence-electron chi connectivity index (χ0n) is 10.5. The number of rotatable bonds is 5. The second-order valence-electron chi connectivity index (χ2n) is 4.78. The van der Waals surface area contributed by atoms with Gasteiger partial charge in [0.1, 0.15) is 5.75 Å². The quantitative estimate of drug-likeness (QED) is 0.820. The summed E-state index contributed by atoms with van der Waals surface area (Å²) in [5.74, 6) is 0.372. The summed E-state index contributed by atoms with van der Waals surface area (Å²) in [4.78, 5) is 10.8. The number of nitrogens with two attached hydrogens (primary N) is 2. The van der Waals surface area contributed by atoms with Crippen molar-refractivity contribution in [2.45, 2.75) is 38.1 Å². The van der Waals surface area contributed by atoms with E-state index >= 15 is 0 Å². The second-order valence-corrected chi connectivity index (χ2v) is 4.78. The van der Waals surface area contributed by atoms with Gasteiger partial charge in [0.25, 0.3) is 0 Å². The molecule has 0 fully saturated rings. The number of hydrogen-bond donors (Lipinski definition) is 2. The molecule has 1 aromatic carbocycles. The molecule has 0 spiro atoms. The molecule has 4 N–H and O–H groups in total. The van der Waals surface area contributed by atoms with Crippen LogP contribution in [0, 0.1) is 0 Å². The van der Waals surface area contributed by atoms with Crippen LogP contribution in [-0.2, 0) is 17.6 Å². The van der Waals surface area contributed by atoms with Crippen LogP contribution in [0.5, 0.6) is 5.75 Å². The van der Waals surface area contributed by atoms with E-state index in [1.807, 2.05) is 6.07 Å². The zero-order valence-corrected chi connectivity index (χ0v) is 10.5. The highest BCUT2D eigenvalue weighted by Gasteiger charge is 2.11. The molecule has 4 nitrogen and oxygen atoms in total. The Balaban J connectivity index is 1.88. The largest absolute Gasteiger partial charge is 0.494 e. The van der Waals surface area contributed by atoms with Crippen LogP contribution in [0.15, 0.2) is 18.2 Å². The number of carbonyl (C=O) groups excluding carboxylic acids is 1. The summed E-state index contributed by atoms with van der Waals surface area (Å²) in [5, 5.41) is 0. The van der Waals surface area contributed by atoms with Crippen molar-refractivity contribution in [3.05, 3.63) is 29.3 Å². The van der Waals surface area contributed by atoms with Crippen molar-refractivity contribution >= 4 is 5.91 Å². The Bertz CT molecular complexity index is 432. The van der Waals surface area contributed by atoms with E-state index in [-0.39, 0.29) is 0 Å². The summed E-state index contributed by atoms with van der Waals surface area (Å²) in [7, 11) is 0. The van der Waals surface area contributed by atoms with Gasteiger partial charge < -0.3 is 16.2 Å². The molecule has 0 bridgehead atoms. The van der Waals surface area contributed by atoms with Gasteiger partial charge in [-0.05, 0) is 48.9 Å². The number of primary amides is 1. The zero-order chi connectivity index (χ0) is 13.0. The van der Waals surface area contributed by atoms with Gasteiger partial charge in [-0.2, -0.15) is 0 Å². The molecule has 1 aromatic rings. The van der Waals surface area contributed by atoms with Crippen molar-refractivity contribution in [2.75, 3.05) is 6.61 Å². The molecule has 0 heterocycles. The van der Waals surface area contributed by atoms with E-state index in [0.29, 0.717) is 13.0 Å². The average Bonchev–Trinajstić information content (AvgIpc) is 2.38. The maximum atomic E-state index is 10.8. The highest BCUT2D eigenvalue weighted by Crippen LogP contribution is 2.25. The van der Waals surface area contributed by atoms with Crippen LogP contribution in [0.2, 0.25) is 0 Å². The lowest BCUT2D eigenvalue weighted by molar-refractivity contribution is -0.119. The van der Waals surface area contributed by atoms with E-state index in [1.54, 1.807) is 0 Å². The normalized spacial score (nSPS) is 15.8. The van der Waals surface area contributed by atoms with E-state index in [2.05, 4.69) is 12.1 Å². The van der Waals surface area contributed by atoms with Crippen LogP contribution < -0.4 is 16.2 Å². The fraction of sp³-hybridized carbons (Fsp3) is 0.500. The second kappa shape index (κ2) is 5.87. The average molecular weight is 248 g/mol. The number of carbonyl (C=O) groups is 1. The number of benzene rings is 1.